The van der Waals surface area contributed by atoms with E-state index in [1.165, 1.54) is 6.42 Å². The van der Waals surface area contributed by atoms with Crippen molar-refractivity contribution in [3.05, 3.63) is 6.33 Å². The molecule has 0 radical (unpaired) electrons. The average molecular weight is 249 g/mol. The fraction of sp³-hybridized carbons (Fsp3) is 0.833. The molecule has 18 heavy (non-hydrogen) atoms. The largest absolute Gasteiger partial charge is 0.341 e. The van der Waals surface area contributed by atoms with Gasteiger partial charge in [0.25, 0.3) is 5.91 Å². The van der Waals surface area contributed by atoms with Crippen molar-refractivity contribution >= 4 is 5.91 Å². The van der Waals surface area contributed by atoms with Crippen molar-refractivity contribution in [1.29, 1.82) is 0 Å². The van der Waals surface area contributed by atoms with E-state index in [1.807, 2.05) is 4.90 Å². The van der Waals surface area contributed by atoms with Crippen LogP contribution in [0.15, 0.2) is 6.33 Å². The molecule has 1 aliphatic heterocycles. The van der Waals surface area contributed by atoms with Crippen LogP contribution in [0.2, 0.25) is 0 Å². The molecule has 0 bridgehead atoms. The molecular weight excluding hydrogens is 230 g/mol. The van der Waals surface area contributed by atoms with Crippen LogP contribution in [0.1, 0.15) is 44.9 Å². The third-order valence-electron chi connectivity index (χ3n) is 4.26. The first-order chi connectivity index (χ1) is 8.83. The Morgan fingerprint density at radius 3 is 2.39 bits per heavy atom. The summed E-state index contributed by atoms with van der Waals surface area (Å²) < 4.78 is 1.70. The number of carbonyl (C=O) groups is 1. The second-order valence-corrected chi connectivity index (χ2v) is 5.35. The number of hydrogen-bond acceptors (Lipinski definition) is 4. The van der Waals surface area contributed by atoms with Crippen LogP contribution in [0.3, 0.4) is 0 Å². The minimum atomic E-state index is -0.508. The number of tetrazole rings is 1. The Hall–Kier alpha value is -1.46. The lowest BCUT2D eigenvalue weighted by Crippen LogP contribution is -2.51. The van der Waals surface area contributed by atoms with Gasteiger partial charge in [-0.25, -0.2) is 4.68 Å². The normalized spacial score (nSPS) is 23.2. The summed E-state index contributed by atoms with van der Waals surface area (Å²) in [6, 6.07) is 0. The molecule has 1 aromatic rings. The smallest absolute Gasteiger partial charge is 0.250 e. The Bertz CT molecular complexity index is 404. The van der Waals surface area contributed by atoms with Crippen molar-refractivity contribution in [2.24, 2.45) is 0 Å². The lowest BCUT2D eigenvalue weighted by Gasteiger charge is -2.37. The van der Waals surface area contributed by atoms with Gasteiger partial charge in [-0.3, -0.25) is 4.79 Å². The summed E-state index contributed by atoms with van der Waals surface area (Å²) >= 11 is 0. The summed E-state index contributed by atoms with van der Waals surface area (Å²) in [6.45, 7) is 1.78. The number of aromatic nitrogens is 4. The Labute approximate surface area is 106 Å². The van der Waals surface area contributed by atoms with E-state index < -0.39 is 5.54 Å². The van der Waals surface area contributed by atoms with Crippen LogP contribution >= 0.6 is 0 Å². The van der Waals surface area contributed by atoms with E-state index in [4.69, 9.17) is 0 Å². The summed E-state index contributed by atoms with van der Waals surface area (Å²) in [5, 5.41) is 11.4. The molecule has 6 nitrogen and oxygen atoms in total. The molecule has 2 heterocycles. The third kappa shape index (κ3) is 1.79. The summed E-state index contributed by atoms with van der Waals surface area (Å²) in [5.41, 5.74) is -0.508. The highest BCUT2D eigenvalue weighted by Crippen LogP contribution is 2.36. The highest BCUT2D eigenvalue weighted by molar-refractivity contribution is 5.84. The van der Waals surface area contributed by atoms with Gasteiger partial charge >= 0.3 is 0 Å². The SMILES string of the molecule is O=C(N1CCCC1)C1(n2cnnn2)CCCCC1. The molecule has 2 fully saturated rings. The number of nitrogens with zero attached hydrogens (tertiary/aromatic N) is 5. The molecule has 6 heteroatoms. The van der Waals surface area contributed by atoms with Crippen molar-refractivity contribution in [1.82, 2.24) is 25.1 Å². The molecule has 1 amide bonds. The number of amides is 1. The first-order valence-electron chi connectivity index (χ1n) is 6.86. The van der Waals surface area contributed by atoms with Gasteiger partial charge in [0.05, 0.1) is 0 Å². The van der Waals surface area contributed by atoms with Gasteiger partial charge in [0.1, 0.15) is 11.9 Å². The summed E-state index contributed by atoms with van der Waals surface area (Å²) in [4.78, 5) is 14.8. The van der Waals surface area contributed by atoms with Gasteiger partial charge < -0.3 is 4.90 Å². The van der Waals surface area contributed by atoms with Gasteiger partial charge in [-0.15, -0.1) is 5.10 Å². The molecule has 0 aromatic carbocycles. The van der Waals surface area contributed by atoms with Gasteiger partial charge in [-0.1, -0.05) is 19.3 Å². The van der Waals surface area contributed by atoms with Crippen LogP contribution in [0.4, 0.5) is 0 Å². The minimum absolute atomic E-state index is 0.229. The molecule has 1 saturated carbocycles. The van der Waals surface area contributed by atoms with Gasteiger partial charge in [0.15, 0.2) is 0 Å². The molecule has 98 valence electrons. The molecule has 2 aliphatic rings. The Balaban J connectivity index is 1.91. The predicted octanol–water partition coefficient (Wildman–Crippen LogP) is 0.955. The van der Waals surface area contributed by atoms with Gasteiger partial charge in [-0.2, -0.15) is 0 Å². The third-order valence-corrected chi connectivity index (χ3v) is 4.26. The van der Waals surface area contributed by atoms with Gasteiger partial charge in [0.2, 0.25) is 0 Å². The molecule has 0 spiro atoms. The van der Waals surface area contributed by atoms with Crippen LogP contribution in [0.5, 0.6) is 0 Å². The number of likely N-dealkylation sites (tertiary alicyclic amines) is 1. The quantitative estimate of drug-likeness (QED) is 0.783. The van der Waals surface area contributed by atoms with E-state index in [0.29, 0.717) is 0 Å². The first kappa shape index (κ1) is 11.6. The summed E-state index contributed by atoms with van der Waals surface area (Å²) in [6.07, 6.45) is 8.95. The Morgan fingerprint density at radius 2 is 1.78 bits per heavy atom. The van der Waals surface area contributed by atoms with Crippen LogP contribution < -0.4 is 0 Å². The first-order valence-corrected chi connectivity index (χ1v) is 6.86. The topological polar surface area (TPSA) is 63.9 Å². The van der Waals surface area contributed by atoms with E-state index in [9.17, 15) is 4.79 Å². The number of hydrogen-bond donors (Lipinski definition) is 0. The molecular formula is C12H19N5O. The lowest BCUT2D eigenvalue weighted by molar-refractivity contribution is -0.142. The van der Waals surface area contributed by atoms with E-state index in [-0.39, 0.29) is 5.91 Å². The number of carbonyl (C=O) groups excluding carboxylic acids is 1. The second-order valence-electron chi connectivity index (χ2n) is 5.35. The molecule has 1 aliphatic carbocycles. The standard InChI is InChI=1S/C12H19N5O/c18-11(16-8-4-5-9-16)12(6-2-1-3-7-12)17-10-13-14-15-17/h10H,1-9H2. The summed E-state index contributed by atoms with van der Waals surface area (Å²) in [5.74, 6) is 0.229. The monoisotopic (exact) mass is 249 g/mol. The van der Waals surface area contributed by atoms with Crippen molar-refractivity contribution in [3.8, 4) is 0 Å². The summed E-state index contributed by atoms with van der Waals surface area (Å²) in [7, 11) is 0. The van der Waals surface area contributed by atoms with Crippen molar-refractivity contribution in [2.75, 3.05) is 13.1 Å². The predicted molar refractivity (Wildman–Crippen MR) is 64.7 cm³/mol. The van der Waals surface area contributed by atoms with Crippen LogP contribution in [-0.2, 0) is 10.3 Å². The maximum Gasteiger partial charge on any atom is 0.250 e. The van der Waals surface area contributed by atoms with Gasteiger partial charge in [-0.05, 0) is 36.1 Å². The van der Waals surface area contributed by atoms with Crippen LogP contribution in [0, 0.1) is 0 Å². The molecule has 0 unspecified atom stereocenters. The van der Waals surface area contributed by atoms with Crippen LogP contribution in [0.25, 0.3) is 0 Å². The Kier molecular flexibility index (Phi) is 3.01. The molecule has 3 rings (SSSR count). The minimum Gasteiger partial charge on any atom is -0.341 e. The van der Waals surface area contributed by atoms with E-state index in [1.54, 1.807) is 11.0 Å². The van der Waals surface area contributed by atoms with E-state index >= 15 is 0 Å². The fourth-order valence-electron chi connectivity index (χ4n) is 3.25. The molecule has 1 saturated heterocycles. The van der Waals surface area contributed by atoms with Crippen molar-refractivity contribution < 1.29 is 4.79 Å². The van der Waals surface area contributed by atoms with Crippen molar-refractivity contribution in [2.45, 2.75) is 50.5 Å². The van der Waals surface area contributed by atoms with Gasteiger partial charge in [0, 0.05) is 13.1 Å². The fourth-order valence-corrected chi connectivity index (χ4v) is 3.25. The van der Waals surface area contributed by atoms with E-state index in [0.717, 1.165) is 51.6 Å². The zero-order valence-corrected chi connectivity index (χ0v) is 10.6. The highest BCUT2D eigenvalue weighted by Gasteiger charge is 2.45. The molecule has 0 atom stereocenters. The Morgan fingerprint density at radius 1 is 1.06 bits per heavy atom. The zero-order chi connectivity index (χ0) is 12.4. The highest BCUT2D eigenvalue weighted by atomic mass is 16.2. The lowest BCUT2D eigenvalue weighted by atomic mass is 9.80. The average Bonchev–Trinajstić information content (AvgIpc) is 3.11. The number of rotatable bonds is 2. The molecule has 0 N–H and O–H groups in total. The van der Waals surface area contributed by atoms with Crippen molar-refractivity contribution in [3.63, 3.8) is 0 Å². The van der Waals surface area contributed by atoms with Crippen LogP contribution in [-0.4, -0.2) is 44.1 Å². The maximum atomic E-state index is 12.8. The molecule has 1 aromatic heterocycles. The zero-order valence-electron chi connectivity index (χ0n) is 10.6. The maximum absolute atomic E-state index is 12.8. The van der Waals surface area contributed by atoms with E-state index in [2.05, 4.69) is 15.5 Å². The second kappa shape index (κ2) is 4.66.